The van der Waals surface area contributed by atoms with Crippen molar-refractivity contribution in [1.82, 2.24) is 0 Å². The molecule has 7 nitrogen and oxygen atoms in total. The van der Waals surface area contributed by atoms with E-state index in [4.69, 9.17) is 9.47 Å². The molecule has 188 valence electrons. The average Bonchev–Trinajstić information content (AvgIpc) is 2.93. The van der Waals surface area contributed by atoms with Gasteiger partial charge in [0, 0.05) is 17.3 Å². The van der Waals surface area contributed by atoms with Crippen LogP contribution in [0.15, 0.2) is 12.2 Å². The number of aliphatic hydroxyl groups is 3. The first-order chi connectivity index (χ1) is 16.0. The predicted octanol–water partition coefficient (Wildman–Crippen LogP) is 2.51. The predicted molar refractivity (Wildman–Crippen MR) is 121 cm³/mol. The highest BCUT2D eigenvalue weighted by Crippen LogP contribution is 2.76. The third-order valence-electron chi connectivity index (χ3n) is 11.0. The molecule has 7 fully saturated rings. The monoisotopic (exact) mass is 474 g/mol. The van der Waals surface area contributed by atoms with Crippen LogP contribution in [0.4, 0.5) is 0 Å². The minimum Gasteiger partial charge on any atom is -0.460 e. The van der Waals surface area contributed by atoms with Crippen molar-refractivity contribution in [2.24, 2.45) is 39.9 Å². The molecule has 5 aliphatic carbocycles. The smallest absolute Gasteiger partial charge is 0.309 e. The number of Topliss-reactive ketones (excluding diaryl/α,β-unsaturated/α-hetero) is 1. The van der Waals surface area contributed by atoms with Crippen LogP contribution in [-0.4, -0.2) is 57.8 Å². The summed E-state index contributed by atoms with van der Waals surface area (Å²) in [7, 11) is 0. The minimum atomic E-state index is -2.19. The molecule has 9 atom stereocenters. The van der Waals surface area contributed by atoms with Gasteiger partial charge in [0.05, 0.1) is 18.6 Å². The molecule has 2 heterocycles. The van der Waals surface area contributed by atoms with E-state index in [9.17, 15) is 24.9 Å². The number of carbonyl (C=O) groups excluding carboxylic acids is 2. The largest absolute Gasteiger partial charge is 0.460 e. The van der Waals surface area contributed by atoms with E-state index in [-0.39, 0.29) is 29.7 Å². The number of esters is 1. The van der Waals surface area contributed by atoms with Gasteiger partial charge in [-0.2, -0.15) is 0 Å². The van der Waals surface area contributed by atoms with E-state index in [1.807, 2.05) is 0 Å². The second kappa shape index (κ2) is 7.15. The number of carbonyl (C=O) groups is 2. The van der Waals surface area contributed by atoms with Gasteiger partial charge in [-0.05, 0) is 55.4 Å². The Morgan fingerprint density at radius 3 is 2.50 bits per heavy atom. The van der Waals surface area contributed by atoms with E-state index in [2.05, 4.69) is 20.4 Å². The summed E-state index contributed by atoms with van der Waals surface area (Å²) in [5.74, 6) is -4.39. The van der Waals surface area contributed by atoms with Crippen molar-refractivity contribution in [3.8, 4) is 0 Å². The van der Waals surface area contributed by atoms with Crippen molar-refractivity contribution < 1.29 is 34.4 Å². The third kappa shape index (κ3) is 2.43. The first-order valence-corrected chi connectivity index (χ1v) is 13.2. The Balaban J connectivity index is 1.50. The number of hydrogen-bond donors (Lipinski definition) is 3. The van der Waals surface area contributed by atoms with Crippen LogP contribution >= 0.6 is 0 Å². The van der Waals surface area contributed by atoms with Crippen LogP contribution in [0, 0.1) is 39.9 Å². The standard InChI is InChI=1S/C27H38O7/c1-14-16-9-10-17-25-13-33-27(32,21(30)19(25)24(2,3)12-11-18(25)28)26(17,20(14)29)22(16)34-23(31)15-7-5-4-6-8-15/h15-19,21-22,28,30,32H,1,4-13H2,2-3H3/t16-,17-,18-,19+,21-,22+,25+,26-,27+/m0/s1. The molecule has 7 aliphatic rings. The van der Waals surface area contributed by atoms with E-state index in [1.165, 1.54) is 0 Å². The first kappa shape index (κ1) is 23.1. The number of aliphatic hydroxyl groups excluding tert-OH is 2. The van der Waals surface area contributed by atoms with E-state index in [1.54, 1.807) is 0 Å². The van der Waals surface area contributed by atoms with Gasteiger partial charge in [0.15, 0.2) is 5.78 Å². The molecule has 0 radical (unpaired) electrons. The molecule has 2 spiro atoms. The maximum atomic E-state index is 14.1. The van der Waals surface area contributed by atoms with Gasteiger partial charge in [-0.1, -0.05) is 39.7 Å². The molecule has 7 rings (SSSR count). The molecule has 3 N–H and O–H groups in total. The van der Waals surface area contributed by atoms with E-state index in [0.717, 1.165) is 32.1 Å². The van der Waals surface area contributed by atoms with Crippen molar-refractivity contribution in [2.75, 3.05) is 6.61 Å². The maximum Gasteiger partial charge on any atom is 0.309 e. The van der Waals surface area contributed by atoms with Gasteiger partial charge in [-0.25, -0.2) is 0 Å². The van der Waals surface area contributed by atoms with Gasteiger partial charge < -0.3 is 24.8 Å². The molecule has 2 saturated heterocycles. The van der Waals surface area contributed by atoms with Crippen LogP contribution in [0.2, 0.25) is 0 Å². The summed E-state index contributed by atoms with van der Waals surface area (Å²) in [6.45, 7) is 8.28. The molecule has 7 heteroatoms. The molecule has 0 aromatic carbocycles. The van der Waals surface area contributed by atoms with Gasteiger partial charge in [0.25, 0.3) is 0 Å². The van der Waals surface area contributed by atoms with Crippen LogP contribution in [0.1, 0.15) is 71.6 Å². The number of ether oxygens (including phenoxy) is 2. The summed E-state index contributed by atoms with van der Waals surface area (Å²) in [5, 5.41) is 35.4. The van der Waals surface area contributed by atoms with Crippen LogP contribution in [-0.2, 0) is 19.1 Å². The molecular formula is C27H38O7. The average molecular weight is 475 g/mol. The fraction of sp³-hybridized carbons (Fsp3) is 0.852. The van der Waals surface area contributed by atoms with E-state index in [0.29, 0.717) is 31.3 Å². The number of hydrogen-bond acceptors (Lipinski definition) is 7. The van der Waals surface area contributed by atoms with Crippen LogP contribution in [0.5, 0.6) is 0 Å². The van der Waals surface area contributed by atoms with Gasteiger partial charge in [-0.3, -0.25) is 9.59 Å². The lowest BCUT2D eigenvalue weighted by Crippen LogP contribution is -2.85. The van der Waals surface area contributed by atoms with Crippen LogP contribution in [0.3, 0.4) is 0 Å². The Morgan fingerprint density at radius 1 is 1.09 bits per heavy atom. The Morgan fingerprint density at radius 2 is 1.79 bits per heavy atom. The van der Waals surface area contributed by atoms with E-state index < -0.39 is 52.7 Å². The quantitative estimate of drug-likeness (QED) is 0.416. The summed E-state index contributed by atoms with van der Waals surface area (Å²) in [5.41, 5.74) is -2.55. The molecule has 34 heavy (non-hydrogen) atoms. The fourth-order valence-corrected chi connectivity index (χ4v) is 9.60. The topological polar surface area (TPSA) is 113 Å². The van der Waals surface area contributed by atoms with Crippen LogP contribution < -0.4 is 0 Å². The molecule has 0 aromatic heterocycles. The third-order valence-corrected chi connectivity index (χ3v) is 11.0. The molecule has 0 unspecified atom stereocenters. The van der Waals surface area contributed by atoms with Crippen molar-refractivity contribution in [3.05, 3.63) is 12.2 Å². The Bertz CT molecular complexity index is 937. The summed E-state index contributed by atoms with van der Waals surface area (Å²) in [6.07, 6.45) is 3.94. The Labute approximate surface area is 200 Å². The van der Waals surface area contributed by atoms with Gasteiger partial charge in [0.2, 0.25) is 5.79 Å². The highest BCUT2D eigenvalue weighted by Gasteiger charge is 2.87. The van der Waals surface area contributed by atoms with Crippen molar-refractivity contribution in [3.63, 3.8) is 0 Å². The van der Waals surface area contributed by atoms with Gasteiger partial charge in [0.1, 0.15) is 17.6 Å². The van der Waals surface area contributed by atoms with Crippen LogP contribution in [0.25, 0.3) is 0 Å². The maximum absolute atomic E-state index is 14.1. The lowest BCUT2D eigenvalue weighted by Gasteiger charge is -2.74. The van der Waals surface area contributed by atoms with E-state index >= 15 is 0 Å². The summed E-state index contributed by atoms with van der Waals surface area (Å²) < 4.78 is 12.3. The summed E-state index contributed by atoms with van der Waals surface area (Å²) in [6, 6.07) is 0. The van der Waals surface area contributed by atoms with Gasteiger partial charge >= 0.3 is 5.97 Å². The van der Waals surface area contributed by atoms with Crippen molar-refractivity contribution in [1.29, 1.82) is 0 Å². The summed E-state index contributed by atoms with van der Waals surface area (Å²) in [4.78, 5) is 27.4. The second-order valence-electron chi connectivity index (χ2n) is 12.7. The highest BCUT2D eigenvalue weighted by molar-refractivity contribution is 6.05. The van der Waals surface area contributed by atoms with Gasteiger partial charge in [-0.15, -0.1) is 0 Å². The Hall–Kier alpha value is -1.28. The molecule has 5 saturated carbocycles. The lowest BCUT2D eigenvalue weighted by atomic mass is 9.35. The number of rotatable bonds is 2. The highest BCUT2D eigenvalue weighted by atomic mass is 16.6. The van der Waals surface area contributed by atoms with Crippen molar-refractivity contribution in [2.45, 2.75) is 95.7 Å². The zero-order chi connectivity index (χ0) is 24.3. The Kier molecular flexibility index (Phi) is 4.86. The zero-order valence-electron chi connectivity index (χ0n) is 20.3. The normalized spacial score (nSPS) is 51.7. The van der Waals surface area contributed by atoms with Crippen molar-refractivity contribution >= 4 is 11.8 Å². The minimum absolute atomic E-state index is 0.0793. The SMILES string of the molecule is C=C1C(=O)[C@]23[C@H](OC(=O)C4CCCCC4)[C@H]1CC[C@H]2[C@@]12CO[C@]3(O)[C@@H](O)[C@@H]1C(C)(C)CC[C@@H]2O. The number of ketones is 1. The molecule has 2 aliphatic heterocycles. The molecule has 4 bridgehead atoms. The lowest BCUT2D eigenvalue weighted by molar-refractivity contribution is -0.458. The molecule has 0 aromatic rings. The fourth-order valence-electron chi connectivity index (χ4n) is 9.60. The molecule has 0 amide bonds. The second-order valence-corrected chi connectivity index (χ2v) is 12.7. The number of fused-ring (bicyclic) bond motifs is 2. The first-order valence-electron chi connectivity index (χ1n) is 13.2. The molecular weight excluding hydrogens is 436 g/mol. The zero-order valence-corrected chi connectivity index (χ0v) is 20.3. The summed E-state index contributed by atoms with van der Waals surface area (Å²) >= 11 is 0.